The summed E-state index contributed by atoms with van der Waals surface area (Å²) in [6.45, 7) is 5.74. The van der Waals surface area contributed by atoms with Gasteiger partial charge < -0.3 is 5.32 Å². The molecule has 0 aliphatic carbocycles. The van der Waals surface area contributed by atoms with E-state index in [9.17, 15) is 13.2 Å². The number of benzene rings is 2. The largest absolute Gasteiger partial charge is 0.325 e. The third-order valence-electron chi connectivity index (χ3n) is 3.97. The van der Waals surface area contributed by atoms with E-state index in [1.807, 2.05) is 32.9 Å². The predicted octanol–water partition coefficient (Wildman–Crippen LogP) is 3.93. The maximum atomic E-state index is 12.8. The van der Waals surface area contributed by atoms with Crippen LogP contribution in [0.2, 0.25) is 0 Å². The maximum Gasteiger partial charge on any atom is 0.261 e. The summed E-state index contributed by atoms with van der Waals surface area (Å²) in [4.78, 5) is 12.9. The van der Waals surface area contributed by atoms with Gasteiger partial charge in [0.1, 0.15) is 0 Å². The molecule has 0 radical (unpaired) electrons. The van der Waals surface area contributed by atoms with Gasteiger partial charge in [-0.3, -0.25) is 9.52 Å². The molecule has 1 atom stereocenters. The SMILES string of the molecule is Cc1ccc(C)c(NS(=O)(=O)c2ccc3c(c2)NC(=O)C[C@H](C)S3)c1. The summed E-state index contributed by atoms with van der Waals surface area (Å²) in [5.41, 5.74) is 2.93. The predicted molar refractivity (Wildman–Crippen MR) is 102 cm³/mol. The molecule has 2 N–H and O–H groups in total. The number of rotatable bonds is 3. The van der Waals surface area contributed by atoms with Crippen molar-refractivity contribution in [2.75, 3.05) is 10.0 Å². The van der Waals surface area contributed by atoms with Crippen molar-refractivity contribution in [2.45, 2.75) is 42.2 Å². The summed E-state index contributed by atoms with van der Waals surface area (Å²) in [6.07, 6.45) is 0.405. The Bertz CT molecular complexity index is 939. The van der Waals surface area contributed by atoms with E-state index < -0.39 is 10.0 Å². The van der Waals surface area contributed by atoms with Crippen molar-refractivity contribution in [2.24, 2.45) is 0 Å². The van der Waals surface area contributed by atoms with Gasteiger partial charge in [0.25, 0.3) is 10.0 Å². The average Bonchev–Trinajstić information content (AvgIpc) is 2.66. The van der Waals surface area contributed by atoms with Crippen molar-refractivity contribution in [1.29, 1.82) is 0 Å². The van der Waals surface area contributed by atoms with Gasteiger partial charge in [-0.15, -0.1) is 11.8 Å². The molecular weight excluding hydrogens is 356 g/mol. The number of carbonyl (C=O) groups is 1. The lowest BCUT2D eigenvalue weighted by Gasteiger charge is -2.13. The van der Waals surface area contributed by atoms with E-state index in [4.69, 9.17) is 0 Å². The number of hydrogen-bond acceptors (Lipinski definition) is 4. The second kappa shape index (κ2) is 6.72. The van der Waals surface area contributed by atoms with Crippen LogP contribution in [0.25, 0.3) is 0 Å². The molecule has 1 aliphatic rings. The number of sulfonamides is 1. The van der Waals surface area contributed by atoms with Crippen LogP contribution in [0, 0.1) is 13.8 Å². The van der Waals surface area contributed by atoms with Crippen LogP contribution in [0.1, 0.15) is 24.5 Å². The van der Waals surface area contributed by atoms with E-state index in [1.54, 1.807) is 30.0 Å². The van der Waals surface area contributed by atoms with Gasteiger partial charge in [0.05, 0.1) is 16.3 Å². The van der Waals surface area contributed by atoms with Gasteiger partial charge in [0.15, 0.2) is 0 Å². The molecule has 0 fully saturated rings. The van der Waals surface area contributed by atoms with Crippen LogP contribution in [0.15, 0.2) is 46.2 Å². The first kappa shape index (κ1) is 17.8. The number of fused-ring (bicyclic) bond motifs is 1. The molecule has 0 saturated carbocycles. The zero-order valence-electron chi connectivity index (χ0n) is 14.3. The second-order valence-corrected chi connectivity index (χ2v) is 9.43. The number of hydrogen-bond donors (Lipinski definition) is 2. The Morgan fingerprint density at radius 1 is 1.16 bits per heavy atom. The lowest BCUT2D eigenvalue weighted by Crippen LogP contribution is -2.15. The van der Waals surface area contributed by atoms with Gasteiger partial charge in [-0.05, 0) is 49.2 Å². The average molecular weight is 377 g/mol. The smallest absolute Gasteiger partial charge is 0.261 e. The van der Waals surface area contributed by atoms with Crippen molar-refractivity contribution < 1.29 is 13.2 Å². The molecule has 0 unspecified atom stereocenters. The normalized spacial score (nSPS) is 17.4. The van der Waals surface area contributed by atoms with Gasteiger partial charge in [0.2, 0.25) is 5.91 Å². The number of aryl methyl sites for hydroxylation is 2. The maximum absolute atomic E-state index is 12.8. The van der Waals surface area contributed by atoms with Gasteiger partial charge in [-0.1, -0.05) is 19.1 Å². The third-order valence-corrected chi connectivity index (χ3v) is 6.52. The Morgan fingerprint density at radius 2 is 1.92 bits per heavy atom. The van der Waals surface area contributed by atoms with Gasteiger partial charge >= 0.3 is 0 Å². The fraction of sp³-hybridized carbons (Fsp3) is 0.278. The van der Waals surface area contributed by atoms with E-state index >= 15 is 0 Å². The van der Waals surface area contributed by atoms with E-state index in [2.05, 4.69) is 10.0 Å². The lowest BCUT2D eigenvalue weighted by molar-refractivity contribution is -0.116. The molecule has 5 nitrogen and oxygen atoms in total. The Morgan fingerprint density at radius 3 is 2.68 bits per heavy atom. The molecular formula is C18H20N2O3S2. The fourth-order valence-corrected chi connectivity index (χ4v) is 4.85. The highest BCUT2D eigenvalue weighted by atomic mass is 32.2. The standard InChI is InChI=1S/C18H20N2O3S2/c1-11-4-5-12(2)15(8-11)20-25(22,23)14-6-7-17-16(10-14)19-18(21)9-13(3)24-17/h4-8,10,13,20H,9H2,1-3H3,(H,19,21)/t13-/m0/s1. The molecule has 0 saturated heterocycles. The Kier molecular flexibility index (Phi) is 4.79. The van der Waals surface area contributed by atoms with E-state index in [-0.39, 0.29) is 16.1 Å². The Labute approximate surface area is 152 Å². The molecule has 1 aliphatic heterocycles. The zero-order chi connectivity index (χ0) is 18.2. The van der Waals surface area contributed by atoms with Crippen molar-refractivity contribution in [3.63, 3.8) is 0 Å². The van der Waals surface area contributed by atoms with Crippen LogP contribution in [0.3, 0.4) is 0 Å². The topological polar surface area (TPSA) is 75.3 Å². The molecule has 25 heavy (non-hydrogen) atoms. The van der Waals surface area contributed by atoms with Gasteiger partial charge in [0, 0.05) is 16.6 Å². The number of thioether (sulfide) groups is 1. The summed E-state index contributed by atoms with van der Waals surface area (Å²) in [5.74, 6) is -0.101. The number of amides is 1. The van der Waals surface area contributed by atoms with Gasteiger partial charge in [-0.2, -0.15) is 0 Å². The Hall–Kier alpha value is -1.99. The van der Waals surface area contributed by atoms with Crippen LogP contribution >= 0.6 is 11.8 Å². The van der Waals surface area contributed by atoms with E-state index in [0.29, 0.717) is 17.8 Å². The molecule has 7 heteroatoms. The van der Waals surface area contributed by atoms with Gasteiger partial charge in [-0.25, -0.2) is 8.42 Å². The van der Waals surface area contributed by atoms with E-state index in [1.165, 1.54) is 6.07 Å². The minimum Gasteiger partial charge on any atom is -0.325 e. The molecule has 0 spiro atoms. The first-order valence-corrected chi connectivity index (χ1v) is 10.3. The molecule has 0 bridgehead atoms. The number of anilines is 2. The summed E-state index contributed by atoms with van der Waals surface area (Å²) >= 11 is 1.57. The van der Waals surface area contributed by atoms with Crippen molar-refractivity contribution in [3.05, 3.63) is 47.5 Å². The zero-order valence-corrected chi connectivity index (χ0v) is 15.9. The number of nitrogens with one attached hydrogen (secondary N) is 2. The molecule has 2 aromatic carbocycles. The molecule has 0 aromatic heterocycles. The first-order chi connectivity index (χ1) is 11.7. The summed E-state index contributed by atoms with van der Waals surface area (Å²) in [6, 6.07) is 10.5. The molecule has 1 amide bonds. The highest BCUT2D eigenvalue weighted by Gasteiger charge is 2.22. The molecule has 2 aromatic rings. The minimum absolute atomic E-state index is 0.101. The lowest BCUT2D eigenvalue weighted by atomic mass is 10.1. The van der Waals surface area contributed by atoms with Crippen LogP contribution in [-0.4, -0.2) is 19.6 Å². The minimum atomic E-state index is -3.74. The van der Waals surface area contributed by atoms with Crippen molar-refractivity contribution >= 4 is 39.1 Å². The molecule has 3 rings (SSSR count). The summed E-state index contributed by atoms with van der Waals surface area (Å²) < 4.78 is 28.1. The number of carbonyl (C=O) groups excluding carboxylic acids is 1. The van der Waals surface area contributed by atoms with Crippen LogP contribution < -0.4 is 10.0 Å². The summed E-state index contributed by atoms with van der Waals surface area (Å²) in [7, 11) is -3.74. The fourth-order valence-electron chi connectivity index (χ4n) is 2.65. The Balaban J connectivity index is 1.96. The highest BCUT2D eigenvalue weighted by molar-refractivity contribution is 8.00. The monoisotopic (exact) mass is 376 g/mol. The summed E-state index contributed by atoms with van der Waals surface area (Å²) in [5, 5.41) is 2.95. The van der Waals surface area contributed by atoms with Crippen LogP contribution in [0.5, 0.6) is 0 Å². The van der Waals surface area contributed by atoms with Crippen LogP contribution in [0.4, 0.5) is 11.4 Å². The van der Waals surface area contributed by atoms with Crippen molar-refractivity contribution in [3.8, 4) is 0 Å². The second-order valence-electron chi connectivity index (χ2n) is 6.26. The van der Waals surface area contributed by atoms with E-state index in [0.717, 1.165) is 16.0 Å². The first-order valence-electron chi connectivity index (χ1n) is 7.95. The molecule has 1 heterocycles. The third kappa shape index (κ3) is 3.99. The molecule has 132 valence electrons. The van der Waals surface area contributed by atoms with Crippen LogP contribution in [-0.2, 0) is 14.8 Å². The highest BCUT2D eigenvalue weighted by Crippen LogP contribution is 2.36. The quantitative estimate of drug-likeness (QED) is 0.851. The van der Waals surface area contributed by atoms with Crippen molar-refractivity contribution in [1.82, 2.24) is 0 Å².